The molecule has 5 nitrogen and oxygen atoms in total. The number of carbonyl (C=O) groups is 1. The van der Waals surface area contributed by atoms with Crippen molar-refractivity contribution in [2.45, 2.75) is 24.5 Å². The number of aromatic nitrogens is 3. The van der Waals surface area contributed by atoms with E-state index in [2.05, 4.69) is 23.2 Å². The van der Waals surface area contributed by atoms with Crippen molar-refractivity contribution in [3.8, 4) is 17.1 Å². The first kappa shape index (κ1) is 19.6. The van der Waals surface area contributed by atoms with Crippen LogP contribution in [0.1, 0.15) is 12.5 Å². The predicted molar refractivity (Wildman–Crippen MR) is 125 cm³/mol. The summed E-state index contributed by atoms with van der Waals surface area (Å²) in [4.78, 5) is 15.1. The molecular formula is C25H22N4OS. The minimum atomic E-state index is 0.0892. The molecule has 0 saturated carbocycles. The van der Waals surface area contributed by atoms with Crippen LogP contribution < -0.4 is 4.90 Å². The molecule has 1 aliphatic rings. The highest BCUT2D eigenvalue weighted by atomic mass is 32.2. The topological polar surface area (TPSA) is 51.0 Å². The average Bonchev–Trinajstić information content (AvgIpc) is 3.39. The summed E-state index contributed by atoms with van der Waals surface area (Å²) in [6, 6.07) is 28.3. The zero-order chi connectivity index (χ0) is 21.2. The quantitative estimate of drug-likeness (QED) is 0.421. The monoisotopic (exact) mass is 426 g/mol. The number of thioether (sulfide) groups is 1. The number of anilines is 1. The number of hydrogen-bond acceptors (Lipinski definition) is 4. The van der Waals surface area contributed by atoms with Gasteiger partial charge in [-0.1, -0.05) is 78.5 Å². The number of nitrogens with zero attached hydrogens (tertiary/aromatic N) is 4. The second-order valence-electron chi connectivity index (χ2n) is 7.58. The van der Waals surface area contributed by atoms with Crippen molar-refractivity contribution in [3.63, 3.8) is 0 Å². The molecule has 1 aromatic heterocycles. The number of rotatable bonds is 5. The summed E-state index contributed by atoms with van der Waals surface area (Å²) >= 11 is 1.43. The third-order valence-electron chi connectivity index (χ3n) is 5.48. The Hall–Kier alpha value is -3.38. The molecule has 1 aliphatic heterocycles. The molecule has 1 atom stereocenters. The number of fused-ring (bicyclic) bond motifs is 1. The molecule has 6 heteroatoms. The maximum absolute atomic E-state index is 13.2. The van der Waals surface area contributed by atoms with E-state index < -0.39 is 0 Å². The van der Waals surface area contributed by atoms with Gasteiger partial charge in [-0.2, -0.15) is 0 Å². The van der Waals surface area contributed by atoms with Crippen molar-refractivity contribution in [1.82, 2.24) is 14.8 Å². The first-order valence-corrected chi connectivity index (χ1v) is 11.3. The Bertz CT molecular complexity index is 1210. The molecule has 3 aromatic carbocycles. The number of carbonyl (C=O) groups excluding carboxylic acids is 1. The van der Waals surface area contributed by atoms with E-state index in [1.807, 2.05) is 88.3 Å². The minimum absolute atomic E-state index is 0.0892. The van der Waals surface area contributed by atoms with Crippen LogP contribution in [0, 0.1) is 0 Å². The predicted octanol–water partition coefficient (Wildman–Crippen LogP) is 5.00. The lowest BCUT2D eigenvalue weighted by atomic mass is 10.1. The van der Waals surface area contributed by atoms with Gasteiger partial charge in [0.25, 0.3) is 0 Å². The van der Waals surface area contributed by atoms with Crippen LogP contribution >= 0.6 is 11.8 Å². The number of hydrogen-bond donors (Lipinski definition) is 0. The van der Waals surface area contributed by atoms with Crippen molar-refractivity contribution in [3.05, 3.63) is 90.5 Å². The Morgan fingerprint density at radius 2 is 1.61 bits per heavy atom. The lowest BCUT2D eigenvalue weighted by molar-refractivity contribution is -0.116. The second-order valence-corrected chi connectivity index (χ2v) is 8.52. The van der Waals surface area contributed by atoms with Gasteiger partial charge in [0.15, 0.2) is 11.0 Å². The van der Waals surface area contributed by atoms with E-state index in [9.17, 15) is 4.79 Å². The van der Waals surface area contributed by atoms with Crippen LogP contribution in [0.25, 0.3) is 17.1 Å². The first-order valence-electron chi connectivity index (χ1n) is 10.3. The summed E-state index contributed by atoms with van der Waals surface area (Å²) in [6.07, 6.45) is 0.894. The molecule has 0 spiro atoms. The molecule has 0 saturated heterocycles. The third kappa shape index (κ3) is 3.75. The Labute approximate surface area is 185 Å². The van der Waals surface area contributed by atoms with Crippen molar-refractivity contribution >= 4 is 23.4 Å². The number of benzene rings is 3. The van der Waals surface area contributed by atoms with Crippen LogP contribution in [-0.2, 0) is 11.2 Å². The van der Waals surface area contributed by atoms with Crippen LogP contribution in [0.2, 0.25) is 0 Å². The lowest BCUT2D eigenvalue weighted by Crippen LogP contribution is -2.37. The third-order valence-corrected chi connectivity index (χ3v) is 6.39. The molecule has 1 unspecified atom stereocenters. The molecule has 0 N–H and O–H groups in total. The molecule has 154 valence electrons. The maximum Gasteiger partial charge on any atom is 0.237 e. The minimum Gasteiger partial charge on any atom is -0.308 e. The van der Waals surface area contributed by atoms with Crippen LogP contribution in [-0.4, -0.2) is 32.5 Å². The number of amides is 1. The van der Waals surface area contributed by atoms with Crippen molar-refractivity contribution < 1.29 is 4.79 Å². The second kappa shape index (κ2) is 8.40. The fourth-order valence-electron chi connectivity index (χ4n) is 4.09. The van der Waals surface area contributed by atoms with Gasteiger partial charge in [-0.15, -0.1) is 10.2 Å². The zero-order valence-electron chi connectivity index (χ0n) is 17.2. The van der Waals surface area contributed by atoms with Gasteiger partial charge in [0.05, 0.1) is 5.75 Å². The van der Waals surface area contributed by atoms with E-state index in [1.54, 1.807) is 0 Å². The van der Waals surface area contributed by atoms with E-state index in [1.165, 1.54) is 17.3 Å². The Kier molecular flexibility index (Phi) is 5.30. The van der Waals surface area contributed by atoms with Gasteiger partial charge in [0.2, 0.25) is 5.91 Å². The van der Waals surface area contributed by atoms with E-state index in [4.69, 9.17) is 0 Å². The van der Waals surface area contributed by atoms with Crippen molar-refractivity contribution in [2.75, 3.05) is 10.7 Å². The van der Waals surface area contributed by atoms with E-state index in [-0.39, 0.29) is 11.9 Å². The van der Waals surface area contributed by atoms with Gasteiger partial charge in [-0.25, -0.2) is 0 Å². The highest BCUT2D eigenvalue weighted by Gasteiger charge is 2.30. The molecule has 4 aromatic rings. The maximum atomic E-state index is 13.2. The van der Waals surface area contributed by atoms with E-state index in [0.29, 0.717) is 10.9 Å². The average molecular weight is 427 g/mol. The first-order chi connectivity index (χ1) is 15.2. The molecule has 5 rings (SSSR count). The number of para-hydroxylation sites is 2. The van der Waals surface area contributed by atoms with Gasteiger partial charge in [0, 0.05) is 23.0 Å². The molecule has 0 aliphatic carbocycles. The molecular weight excluding hydrogens is 404 g/mol. The summed E-state index contributed by atoms with van der Waals surface area (Å²) in [6.45, 7) is 2.10. The summed E-state index contributed by atoms with van der Waals surface area (Å²) in [5.41, 5.74) is 4.21. The normalized spacial score (nSPS) is 15.1. The van der Waals surface area contributed by atoms with Crippen molar-refractivity contribution in [1.29, 1.82) is 0 Å². The highest BCUT2D eigenvalue weighted by molar-refractivity contribution is 7.99. The smallest absolute Gasteiger partial charge is 0.237 e. The van der Waals surface area contributed by atoms with Crippen LogP contribution in [0.5, 0.6) is 0 Å². The summed E-state index contributed by atoms with van der Waals surface area (Å²) in [5.74, 6) is 1.16. The SMILES string of the molecule is CC1Cc2ccccc2N1C(=O)CSc1nnc(-c2ccccc2)n1-c1ccccc1. The van der Waals surface area contributed by atoms with Crippen LogP contribution in [0.3, 0.4) is 0 Å². The van der Waals surface area contributed by atoms with Gasteiger partial charge < -0.3 is 4.90 Å². The van der Waals surface area contributed by atoms with E-state index >= 15 is 0 Å². The molecule has 31 heavy (non-hydrogen) atoms. The van der Waals surface area contributed by atoms with Gasteiger partial charge in [0.1, 0.15) is 0 Å². The largest absolute Gasteiger partial charge is 0.308 e. The van der Waals surface area contributed by atoms with Gasteiger partial charge in [-0.3, -0.25) is 9.36 Å². The molecule has 0 bridgehead atoms. The lowest BCUT2D eigenvalue weighted by Gasteiger charge is -2.22. The Balaban J connectivity index is 1.44. The van der Waals surface area contributed by atoms with Crippen LogP contribution in [0.4, 0.5) is 5.69 Å². The fraction of sp³-hybridized carbons (Fsp3) is 0.160. The summed E-state index contributed by atoms with van der Waals surface area (Å²) in [5, 5.41) is 9.60. The van der Waals surface area contributed by atoms with Gasteiger partial charge in [-0.05, 0) is 37.1 Å². The molecule has 2 heterocycles. The van der Waals surface area contributed by atoms with E-state index in [0.717, 1.165) is 29.2 Å². The zero-order valence-corrected chi connectivity index (χ0v) is 18.0. The Morgan fingerprint density at radius 1 is 0.935 bits per heavy atom. The summed E-state index contributed by atoms with van der Waals surface area (Å²) in [7, 11) is 0. The van der Waals surface area contributed by atoms with Crippen molar-refractivity contribution in [2.24, 2.45) is 0 Å². The van der Waals surface area contributed by atoms with Gasteiger partial charge >= 0.3 is 0 Å². The highest BCUT2D eigenvalue weighted by Crippen LogP contribution is 2.33. The van der Waals surface area contributed by atoms with Crippen LogP contribution in [0.15, 0.2) is 90.1 Å². The molecule has 0 radical (unpaired) electrons. The standard InChI is InChI=1S/C25H22N4OS/c1-18-16-20-12-8-9-15-22(20)28(18)23(30)17-31-25-27-26-24(19-10-4-2-5-11-19)29(25)21-13-6-3-7-14-21/h2-15,18H,16-17H2,1H3. The Morgan fingerprint density at radius 3 is 2.39 bits per heavy atom. The fourth-order valence-corrected chi connectivity index (χ4v) is 4.90. The summed E-state index contributed by atoms with van der Waals surface area (Å²) < 4.78 is 2.02. The molecule has 1 amide bonds. The molecule has 0 fully saturated rings.